The number of aryl methyl sites for hydroxylation is 2. The molecule has 104 valence electrons. The standard InChI is InChI=1S/C13H15N5O2/c1-8-11(9(2)18(3)17-8)13(20)16-15-12(19)10-6-4-5-7-14-10/h4-7H,1-3H3,(H,15,19)(H,16,20). The Kier molecular flexibility index (Phi) is 3.79. The van der Waals surface area contributed by atoms with Crippen molar-refractivity contribution in [1.29, 1.82) is 0 Å². The molecule has 0 bridgehead atoms. The van der Waals surface area contributed by atoms with Crippen molar-refractivity contribution in [2.24, 2.45) is 7.05 Å². The van der Waals surface area contributed by atoms with Crippen LogP contribution in [-0.2, 0) is 7.05 Å². The van der Waals surface area contributed by atoms with Crippen molar-refractivity contribution in [2.75, 3.05) is 0 Å². The second-order valence-corrected chi connectivity index (χ2v) is 4.29. The molecule has 0 fully saturated rings. The fourth-order valence-electron chi connectivity index (χ4n) is 1.84. The molecule has 0 aromatic carbocycles. The molecule has 0 aliphatic heterocycles. The van der Waals surface area contributed by atoms with E-state index in [-0.39, 0.29) is 5.69 Å². The van der Waals surface area contributed by atoms with E-state index < -0.39 is 11.8 Å². The molecule has 20 heavy (non-hydrogen) atoms. The van der Waals surface area contributed by atoms with Crippen LogP contribution in [0.15, 0.2) is 24.4 Å². The number of hydrogen-bond donors (Lipinski definition) is 2. The van der Waals surface area contributed by atoms with Gasteiger partial charge >= 0.3 is 0 Å². The van der Waals surface area contributed by atoms with Gasteiger partial charge in [0.1, 0.15) is 5.69 Å². The van der Waals surface area contributed by atoms with Gasteiger partial charge in [0.25, 0.3) is 11.8 Å². The summed E-state index contributed by atoms with van der Waals surface area (Å²) in [5.74, 6) is -0.879. The van der Waals surface area contributed by atoms with Gasteiger partial charge in [0.2, 0.25) is 0 Å². The zero-order valence-electron chi connectivity index (χ0n) is 11.5. The summed E-state index contributed by atoms with van der Waals surface area (Å²) in [6, 6.07) is 4.96. The van der Waals surface area contributed by atoms with Crippen molar-refractivity contribution in [1.82, 2.24) is 25.6 Å². The number of carbonyl (C=O) groups excluding carboxylic acids is 2. The number of hydrogen-bond acceptors (Lipinski definition) is 4. The van der Waals surface area contributed by atoms with Crippen molar-refractivity contribution in [3.8, 4) is 0 Å². The molecule has 0 saturated carbocycles. The lowest BCUT2D eigenvalue weighted by Gasteiger charge is -2.07. The average molecular weight is 273 g/mol. The number of pyridine rings is 1. The first-order valence-corrected chi connectivity index (χ1v) is 6.02. The third kappa shape index (κ3) is 2.66. The predicted octanol–water partition coefficient (Wildman–Crippen LogP) is 0.507. The lowest BCUT2D eigenvalue weighted by molar-refractivity contribution is 0.0843. The molecule has 7 heteroatoms. The summed E-state index contributed by atoms with van der Waals surface area (Å²) in [5.41, 5.74) is 6.70. The highest BCUT2D eigenvalue weighted by Crippen LogP contribution is 2.10. The molecule has 0 radical (unpaired) electrons. The van der Waals surface area contributed by atoms with Gasteiger partial charge in [-0.2, -0.15) is 5.10 Å². The lowest BCUT2D eigenvalue weighted by Crippen LogP contribution is -2.42. The molecule has 0 saturated heterocycles. The van der Waals surface area contributed by atoms with Crippen molar-refractivity contribution in [3.63, 3.8) is 0 Å². The Bertz CT molecular complexity index is 648. The second-order valence-electron chi connectivity index (χ2n) is 4.29. The highest BCUT2D eigenvalue weighted by atomic mass is 16.2. The number of rotatable bonds is 2. The Labute approximate surface area is 116 Å². The summed E-state index contributed by atoms with van der Waals surface area (Å²) in [4.78, 5) is 27.7. The van der Waals surface area contributed by atoms with E-state index in [9.17, 15) is 9.59 Å². The Morgan fingerprint density at radius 3 is 2.40 bits per heavy atom. The second kappa shape index (κ2) is 5.52. The Morgan fingerprint density at radius 2 is 1.85 bits per heavy atom. The minimum absolute atomic E-state index is 0.229. The van der Waals surface area contributed by atoms with Gasteiger partial charge in [0, 0.05) is 18.9 Å². The molecular formula is C13H15N5O2. The van der Waals surface area contributed by atoms with Crippen LogP contribution in [0.3, 0.4) is 0 Å². The number of nitrogens with zero attached hydrogens (tertiary/aromatic N) is 3. The van der Waals surface area contributed by atoms with Crippen molar-refractivity contribution in [2.45, 2.75) is 13.8 Å². The average Bonchev–Trinajstić information content (AvgIpc) is 2.70. The molecule has 2 N–H and O–H groups in total. The smallest absolute Gasteiger partial charge is 0.272 e. The van der Waals surface area contributed by atoms with E-state index in [0.717, 1.165) is 5.69 Å². The van der Waals surface area contributed by atoms with E-state index in [1.165, 1.54) is 6.20 Å². The van der Waals surface area contributed by atoms with Crippen molar-refractivity contribution < 1.29 is 9.59 Å². The Hall–Kier alpha value is -2.70. The van der Waals surface area contributed by atoms with E-state index in [0.29, 0.717) is 11.3 Å². The highest BCUT2D eigenvalue weighted by Gasteiger charge is 2.18. The van der Waals surface area contributed by atoms with Crippen LogP contribution >= 0.6 is 0 Å². The van der Waals surface area contributed by atoms with Gasteiger partial charge in [-0.1, -0.05) is 6.07 Å². The zero-order chi connectivity index (χ0) is 14.7. The molecule has 0 spiro atoms. The van der Waals surface area contributed by atoms with E-state index in [4.69, 9.17) is 0 Å². The van der Waals surface area contributed by atoms with E-state index in [1.807, 2.05) is 0 Å². The zero-order valence-corrected chi connectivity index (χ0v) is 11.5. The van der Waals surface area contributed by atoms with Crippen molar-refractivity contribution in [3.05, 3.63) is 47.0 Å². The number of carbonyl (C=O) groups is 2. The molecule has 2 amide bonds. The van der Waals surface area contributed by atoms with Crippen LogP contribution in [0.5, 0.6) is 0 Å². The number of aromatic nitrogens is 3. The lowest BCUT2D eigenvalue weighted by atomic mass is 10.2. The van der Waals surface area contributed by atoms with Gasteiger partial charge in [-0.15, -0.1) is 0 Å². The maximum absolute atomic E-state index is 12.0. The van der Waals surface area contributed by atoms with Crippen LogP contribution < -0.4 is 10.9 Å². The van der Waals surface area contributed by atoms with Gasteiger partial charge < -0.3 is 0 Å². The van der Waals surface area contributed by atoms with Crippen LogP contribution in [0, 0.1) is 13.8 Å². The molecule has 2 rings (SSSR count). The van der Waals surface area contributed by atoms with Crippen LogP contribution in [0.2, 0.25) is 0 Å². The van der Waals surface area contributed by atoms with Crippen LogP contribution in [0.4, 0.5) is 0 Å². The van der Waals surface area contributed by atoms with Gasteiger partial charge in [0.15, 0.2) is 0 Å². The van der Waals surface area contributed by atoms with Gasteiger partial charge in [-0.3, -0.25) is 30.1 Å². The third-order valence-corrected chi connectivity index (χ3v) is 2.92. The highest BCUT2D eigenvalue weighted by molar-refractivity contribution is 5.99. The monoisotopic (exact) mass is 273 g/mol. The SMILES string of the molecule is Cc1nn(C)c(C)c1C(=O)NNC(=O)c1ccccn1. The molecule has 2 heterocycles. The molecule has 2 aromatic rings. The molecule has 0 aliphatic rings. The summed E-state index contributed by atoms with van der Waals surface area (Å²) in [7, 11) is 1.76. The fourth-order valence-corrected chi connectivity index (χ4v) is 1.84. The van der Waals surface area contributed by atoms with E-state index in [1.54, 1.807) is 43.8 Å². The molecule has 2 aromatic heterocycles. The fraction of sp³-hybridized carbons (Fsp3) is 0.231. The summed E-state index contributed by atoms with van der Waals surface area (Å²) < 4.78 is 1.62. The molecule has 0 unspecified atom stereocenters. The first-order chi connectivity index (χ1) is 9.50. The van der Waals surface area contributed by atoms with Crippen LogP contribution in [0.25, 0.3) is 0 Å². The summed E-state index contributed by atoms with van der Waals surface area (Å²) in [6.45, 7) is 3.53. The predicted molar refractivity (Wildman–Crippen MR) is 71.9 cm³/mol. The Morgan fingerprint density at radius 1 is 1.15 bits per heavy atom. The third-order valence-electron chi connectivity index (χ3n) is 2.92. The first kappa shape index (κ1) is 13.7. The summed E-state index contributed by atoms with van der Waals surface area (Å²) in [6.07, 6.45) is 1.51. The number of hydrazine groups is 1. The normalized spacial score (nSPS) is 10.2. The minimum Gasteiger partial charge on any atom is -0.272 e. The van der Waals surface area contributed by atoms with Crippen LogP contribution in [0.1, 0.15) is 32.2 Å². The first-order valence-electron chi connectivity index (χ1n) is 6.02. The summed E-state index contributed by atoms with van der Waals surface area (Å²) >= 11 is 0. The van der Waals surface area contributed by atoms with Gasteiger partial charge in [-0.25, -0.2) is 0 Å². The van der Waals surface area contributed by atoms with E-state index in [2.05, 4.69) is 20.9 Å². The minimum atomic E-state index is -0.474. The number of amides is 2. The molecule has 0 aliphatic carbocycles. The van der Waals surface area contributed by atoms with Crippen molar-refractivity contribution >= 4 is 11.8 Å². The van der Waals surface area contributed by atoms with Gasteiger partial charge in [0.05, 0.1) is 11.3 Å². The number of nitrogens with one attached hydrogen (secondary N) is 2. The maximum atomic E-state index is 12.0. The quantitative estimate of drug-likeness (QED) is 0.780. The largest absolute Gasteiger partial charge is 0.288 e. The van der Waals surface area contributed by atoms with Gasteiger partial charge in [-0.05, 0) is 26.0 Å². The van der Waals surface area contributed by atoms with Crippen LogP contribution in [-0.4, -0.2) is 26.6 Å². The van der Waals surface area contributed by atoms with E-state index >= 15 is 0 Å². The maximum Gasteiger partial charge on any atom is 0.288 e. The Balaban J connectivity index is 2.04. The molecule has 0 atom stereocenters. The molecule has 7 nitrogen and oxygen atoms in total. The molecular weight excluding hydrogens is 258 g/mol. The topological polar surface area (TPSA) is 88.9 Å². The summed E-state index contributed by atoms with van der Waals surface area (Å²) in [5, 5.41) is 4.15.